The van der Waals surface area contributed by atoms with Crippen LogP contribution in [0.2, 0.25) is 0 Å². The normalized spacial score (nSPS) is 14.8. The van der Waals surface area contributed by atoms with Gasteiger partial charge in [-0.05, 0) is 62.6 Å². The lowest BCUT2D eigenvalue weighted by Crippen LogP contribution is -2.25. The number of hydrogen-bond donors (Lipinski definition) is 3. The number of unbranched alkanes of at least 4 members (excludes halogenated alkanes) is 1. The second-order valence-corrected chi connectivity index (χ2v) is 10.9. The molecular formula is C22H31N3O4S2. The van der Waals surface area contributed by atoms with Crippen LogP contribution in [0.15, 0.2) is 23.1 Å². The zero-order valence-electron chi connectivity index (χ0n) is 18.1. The summed E-state index contributed by atoms with van der Waals surface area (Å²) < 4.78 is 28.1. The first kappa shape index (κ1) is 23.8. The number of nitrogens with one attached hydrogen (secondary N) is 2. The summed E-state index contributed by atoms with van der Waals surface area (Å²) in [5.74, 6) is 0.460. The molecule has 1 aliphatic carbocycles. The van der Waals surface area contributed by atoms with Crippen molar-refractivity contribution in [2.45, 2.75) is 63.7 Å². The highest BCUT2D eigenvalue weighted by molar-refractivity contribution is 7.89. The lowest BCUT2D eigenvalue weighted by molar-refractivity contribution is -0.117. The Kier molecular flexibility index (Phi) is 8.21. The van der Waals surface area contributed by atoms with Crippen LogP contribution in [0.1, 0.15) is 56.2 Å². The number of amides is 1. The largest absolute Gasteiger partial charge is 0.396 e. The molecule has 1 fully saturated rings. The van der Waals surface area contributed by atoms with Gasteiger partial charge in [0, 0.05) is 19.6 Å². The summed E-state index contributed by atoms with van der Waals surface area (Å²) in [4.78, 5) is 17.9. The lowest BCUT2D eigenvalue weighted by Gasteiger charge is -2.11. The van der Waals surface area contributed by atoms with Crippen molar-refractivity contribution in [3.05, 3.63) is 29.5 Å². The summed E-state index contributed by atoms with van der Waals surface area (Å²) in [7, 11) is -3.66. The number of rotatable bonds is 10. The van der Waals surface area contributed by atoms with Crippen LogP contribution in [0.25, 0.3) is 10.4 Å². The standard InChI is InChI=1S/C22H31N3O4S2/c1-15-9-10-18(14-19(15)31(28,29)23-11-5-6-12-26)21-16(2)24-22(30-21)25-20(27)13-17-7-3-4-8-17/h9-10,14,17,23,26H,3-8,11-13H2,1-2H3,(H,24,25,27). The molecule has 0 saturated heterocycles. The molecule has 9 heteroatoms. The second-order valence-electron chi connectivity index (χ2n) is 8.15. The lowest BCUT2D eigenvalue weighted by atomic mass is 10.0. The molecule has 7 nitrogen and oxygen atoms in total. The van der Waals surface area contributed by atoms with Crippen LogP contribution in [-0.4, -0.2) is 37.6 Å². The van der Waals surface area contributed by atoms with Crippen molar-refractivity contribution in [1.29, 1.82) is 0 Å². The van der Waals surface area contributed by atoms with Crippen molar-refractivity contribution < 1.29 is 18.3 Å². The number of benzene rings is 1. The van der Waals surface area contributed by atoms with E-state index in [4.69, 9.17) is 5.11 Å². The number of aromatic nitrogens is 1. The minimum absolute atomic E-state index is 0.00791. The second kappa shape index (κ2) is 10.7. The van der Waals surface area contributed by atoms with Crippen LogP contribution >= 0.6 is 11.3 Å². The Hall–Kier alpha value is -1.81. The van der Waals surface area contributed by atoms with Gasteiger partial charge in [-0.1, -0.05) is 36.3 Å². The summed E-state index contributed by atoms with van der Waals surface area (Å²) >= 11 is 1.36. The molecule has 1 aliphatic rings. The van der Waals surface area contributed by atoms with Gasteiger partial charge in [0.25, 0.3) is 0 Å². The number of aliphatic hydroxyl groups excluding tert-OH is 1. The maximum atomic E-state index is 12.8. The predicted molar refractivity (Wildman–Crippen MR) is 124 cm³/mol. The van der Waals surface area contributed by atoms with Gasteiger partial charge in [-0.25, -0.2) is 18.1 Å². The van der Waals surface area contributed by atoms with Gasteiger partial charge in [-0.15, -0.1) is 0 Å². The van der Waals surface area contributed by atoms with Gasteiger partial charge in [0.1, 0.15) is 0 Å². The fourth-order valence-corrected chi connectivity index (χ4v) is 6.24. The average molecular weight is 466 g/mol. The molecule has 3 N–H and O–H groups in total. The van der Waals surface area contributed by atoms with Crippen molar-refractivity contribution in [2.24, 2.45) is 5.92 Å². The number of thiazole rings is 1. The number of carbonyl (C=O) groups excluding carboxylic acids is 1. The van der Waals surface area contributed by atoms with Gasteiger partial charge < -0.3 is 10.4 Å². The minimum atomic E-state index is -3.66. The molecule has 1 heterocycles. The van der Waals surface area contributed by atoms with E-state index in [1.165, 1.54) is 24.2 Å². The van der Waals surface area contributed by atoms with Crippen LogP contribution < -0.4 is 10.0 Å². The molecule has 0 spiro atoms. The molecule has 3 rings (SSSR count). The van der Waals surface area contributed by atoms with E-state index in [1.807, 2.05) is 13.0 Å². The highest BCUT2D eigenvalue weighted by Crippen LogP contribution is 2.35. The van der Waals surface area contributed by atoms with E-state index in [-0.39, 0.29) is 24.0 Å². The van der Waals surface area contributed by atoms with Gasteiger partial charge in [-0.2, -0.15) is 0 Å². The van der Waals surface area contributed by atoms with Gasteiger partial charge in [0.15, 0.2) is 5.13 Å². The predicted octanol–water partition coefficient (Wildman–Crippen LogP) is 4.00. The highest BCUT2D eigenvalue weighted by atomic mass is 32.2. The third kappa shape index (κ3) is 6.35. The SMILES string of the molecule is Cc1ccc(-c2sc(NC(=O)CC3CCCC3)nc2C)cc1S(=O)(=O)NCCCCO. The number of anilines is 1. The monoisotopic (exact) mass is 465 g/mol. The van der Waals surface area contributed by atoms with Crippen LogP contribution in [0.3, 0.4) is 0 Å². The number of aliphatic hydroxyl groups is 1. The first-order valence-electron chi connectivity index (χ1n) is 10.8. The van der Waals surface area contributed by atoms with Gasteiger partial charge in [0.05, 0.1) is 15.5 Å². The first-order valence-corrected chi connectivity index (χ1v) is 13.1. The van der Waals surface area contributed by atoms with Gasteiger partial charge >= 0.3 is 0 Å². The van der Waals surface area contributed by atoms with Gasteiger partial charge in [-0.3, -0.25) is 4.79 Å². The van der Waals surface area contributed by atoms with Crippen molar-refractivity contribution in [1.82, 2.24) is 9.71 Å². The van der Waals surface area contributed by atoms with E-state index >= 15 is 0 Å². The maximum absolute atomic E-state index is 12.8. The Morgan fingerprint density at radius 1 is 1.23 bits per heavy atom. The minimum Gasteiger partial charge on any atom is -0.396 e. The van der Waals surface area contributed by atoms with E-state index in [2.05, 4.69) is 15.0 Å². The summed E-state index contributed by atoms with van der Waals surface area (Å²) in [6.07, 6.45) is 6.29. The number of hydrogen-bond acceptors (Lipinski definition) is 6. The van der Waals surface area contributed by atoms with Gasteiger partial charge in [0.2, 0.25) is 15.9 Å². The third-order valence-corrected chi connectivity index (χ3v) is 8.33. The molecule has 0 atom stereocenters. The number of aryl methyl sites for hydroxylation is 2. The van der Waals surface area contributed by atoms with E-state index in [0.717, 1.165) is 29.0 Å². The molecule has 0 radical (unpaired) electrons. The molecule has 0 aliphatic heterocycles. The number of nitrogens with zero attached hydrogens (tertiary/aromatic N) is 1. The number of sulfonamides is 1. The Morgan fingerprint density at radius 2 is 1.97 bits per heavy atom. The Balaban J connectivity index is 1.75. The van der Waals surface area contributed by atoms with E-state index in [1.54, 1.807) is 19.1 Å². The van der Waals surface area contributed by atoms with Crippen molar-refractivity contribution in [3.63, 3.8) is 0 Å². The van der Waals surface area contributed by atoms with Crippen LogP contribution in [0.4, 0.5) is 5.13 Å². The molecule has 1 saturated carbocycles. The van der Waals surface area contributed by atoms with E-state index in [0.29, 0.717) is 35.9 Å². The maximum Gasteiger partial charge on any atom is 0.240 e. The molecule has 2 aromatic rings. The van der Waals surface area contributed by atoms with Crippen molar-refractivity contribution in [3.8, 4) is 10.4 Å². The molecule has 1 aromatic heterocycles. The topological polar surface area (TPSA) is 108 Å². The fourth-order valence-electron chi connectivity index (χ4n) is 3.92. The van der Waals surface area contributed by atoms with Crippen LogP contribution in [0, 0.1) is 19.8 Å². The molecule has 31 heavy (non-hydrogen) atoms. The van der Waals surface area contributed by atoms with E-state index in [9.17, 15) is 13.2 Å². The molecule has 1 amide bonds. The molecule has 170 valence electrons. The molecule has 0 unspecified atom stereocenters. The summed E-state index contributed by atoms with van der Waals surface area (Å²) in [6, 6.07) is 5.33. The third-order valence-electron chi connectivity index (χ3n) is 5.61. The summed E-state index contributed by atoms with van der Waals surface area (Å²) in [6.45, 7) is 3.95. The van der Waals surface area contributed by atoms with Crippen molar-refractivity contribution >= 4 is 32.4 Å². The van der Waals surface area contributed by atoms with Crippen LogP contribution in [-0.2, 0) is 14.8 Å². The quantitative estimate of drug-likeness (QED) is 0.460. The molecular weight excluding hydrogens is 434 g/mol. The Labute approximate surface area is 188 Å². The Bertz CT molecular complexity index is 1010. The van der Waals surface area contributed by atoms with Crippen molar-refractivity contribution in [2.75, 3.05) is 18.5 Å². The van der Waals surface area contributed by atoms with E-state index < -0.39 is 10.0 Å². The Morgan fingerprint density at radius 3 is 2.68 bits per heavy atom. The smallest absolute Gasteiger partial charge is 0.240 e. The fraction of sp³-hybridized carbons (Fsp3) is 0.545. The number of carbonyl (C=O) groups is 1. The zero-order valence-corrected chi connectivity index (χ0v) is 19.7. The first-order chi connectivity index (χ1) is 14.8. The molecule has 1 aromatic carbocycles. The zero-order chi connectivity index (χ0) is 22.4. The summed E-state index contributed by atoms with van der Waals surface area (Å²) in [5, 5.41) is 12.3. The van der Waals surface area contributed by atoms with Crippen LogP contribution in [0.5, 0.6) is 0 Å². The molecule has 0 bridgehead atoms. The summed E-state index contributed by atoms with van der Waals surface area (Å²) in [5.41, 5.74) is 2.17. The highest BCUT2D eigenvalue weighted by Gasteiger charge is 2.21. The average Bonchev–Trinajstić information content (AvgIpc) is 3.35.